The normalized spacial score (nSPS) is 11.3. The van der Waals surface area contributed by atoms with E-state index < -0.39 is 23.7 Å². The van der Waals surface area contributed by atoms with Crippen molar-refractivity contribution in [1.82, 2.24) is 9.97 Å². The summed E-state index contributed by atoms with van der Waals surface area (Å²) in [5.74, 6) is -2.59. The zero-order valence-electron chi connectivity index (χ0n) is 8.41. The fraction of sp³-hybridized carbons (Fsp3) is 0.375. The van der Waals surface area contributed by atoms with Gasteiger partial charge in [0.1, 0.15) is 5.82 Å². The molecule has 8 heteroatoms. The van der Waals surface area contributed by atoms with Gasteiger partial charge in [-0.15, -0.1) is 0 Å². The molecule has 0 radical (unpaired) electrons. The molecule has 0 atom stereocenters. The lowest BCUT2D eigenvalue weighted by Crippen LogP contribution is -2.19. The largest absolute Gasteiger partial charge is 0.475 e. The third-order valence-corrected chi connectivity index (χ3v) is 1.65. The zero-order chi connectivity index (χ0) is 12.5. The highest BCUT2D eigenvalue weighted by Gasteiger charge is 2.34. The number of hydrogen-bond acceptors (Lipinski definition) is 4. The van der Waals surface area contributed by atoms with E-state index in [1.165, 1.54) is 19.0 Å². The summed E-state index contributed by atoms with van der Waals surface area (Å²) in [4.78, 5) is 18.2. The number of alkyl halides is 3. The van der Waals surface area contributed by atoms with Gasteiger partial charge in [0.05, 0.1) is 0 Å². The predicted molar refractivity (Wildman–Crippen MR) is 48.3 cm³/mol. The van der Waals surface area contributed by atoms with Crippen LogP contribution < -0.4 is 4.90 Å². The molecule has 0 spiro atoms. The van der Waals surface area contributed by atoms with Gasteiger partial charge in [0.25, 0.3) is 0 Å². The Balaban J connectivity index is 3.36. The summed E-state index contributed by atoms with van der Waals surface area (Å²) >= 11 is 0. The van der Waals surface area contributed by atoms with Gasteiger partial charge in [0, 0.05) is 20.2 Å². The molecule has 0 aliphatic carbocycles. The van der Waals surface area contributed by atoms with E-state index in [0.717, 1.165) is 0 Å². The van der Waals surface area contributed by atoms with E-state index >= 15 is 0 Å². The molecule has 0 saturated carbocycles. The molecule has 16 heavy (non-hydrogen) atoms. The van der Waals surface area contributed by atoms with Crippen LogP contribution in [0.1, 0.15) is 16.3 Å². The monoisotopic (exact) mass is 235 g/mol. The highest BCUT2D eigenvalue weighted by Crippen LogP contribution is 2.29. The smallest absolute Gasteiger partial charge is 0.433 e. The van der Waals surface area contributed by atoms with Crippen LogP contribution in [0.25, 0.3) is 0 Å². The predicted octanol–water partition coefficient (Wildman–Crippen LogP) is 1.26. The van der Waals surface area contributed by atoms with Crippen molar-refractivity contribution < 1.29 is 23.1 Å². The first-order valence-corrected chi connectivity index (χ1v) is 4.08. The standard InChI is InChI=1S/C8H8F3N3O2/c1-14(2)5-3-4(8(9,10)11)12-6(13-5)7(15)16/h3H,1-2H3,(H,15,16). The Hall–Kier alpha value is -1.86. The highest BCUT2D eigenvalue weighted by molar-refractivity contribution is 5.83. The second-order valence-electron chi connectivity index (χ2n) is 3.13. The maximum Gasteiger partial charge on any atom is 0.433 e. The van der Waals surface area contributed by atoms with E-state index in [1.54, 1.807) is 0 Å². The second-order valence-corrected chi connectivity index (χ2v) is 3.13. The van der Waals surface area contributed by atoms with Crippen LogP contribution in [0.2, 0.25) is 0 Å². The number of nitrogens with zero attached hydrogens (tertiary/aromatic N) is 3. The summed E-state index contributed by atoms with van der Waals surface area (Å²) in [6, 6.07) is 0.687. The molecule has 5 nitrogen and oxygen atoms in total. The van der Waals surface area contributed by atoms with Gasteiger partial charge in [-0.05, 0) is 0 Å². The first kappa shape index (κ1) is 12.2. The lowest BCUT2D eigenvalue weighted by molar-refractivity contribution is -0.141. The van der Waals surface area contributed by atoms with Gasteiger partial charge in [-0.1, -0.05) is 0 Å². The number of hydrogen-bond donors (Lipinski definition) is 1. The number of carbonyl (C=O) groups is 1. The van der Waals surface area contributed by atoms with Crippen LogP contribution in [-0.2, 0) is 6.18 Å². The van der Waals surface area contributed by atoms with E-state index in [4.69, 9.17) is 5.11 Å². The van der Waals surface area contributed by atoms with Crippen molar-refractivity contribution >= 4 is 11.8 Å². The van der Waals surface area contributed by atoms with Crippen LogP contribution in [0.4, 0.5) is 19.0 Å². The van der Waals surface area contributed by atoms with E-state index in [-0.39, 0.29) is 5.82 Å². The Morgan fingerprint density at radius 1 is 1.38 bits per heavy atom. The Bertz CT molecular complexity index is 417. The van der Waals surface area contributed by atoms with Gasteiger partial charge in [-0.25, -0.2) is 14.8 Å². The number of halogens is 3. The number of carboxylic acids is 1. The van der Waals surface area contributed by atoms with Crippen molar-refractivity contribution in [3.63, 3.8) is 0 Å². The molecule has 0 aliphatic heterocycles. The minimum Gasteiger partial charge on any atom is -0.475 e. The molecule has 0 saturated heterocycles. The van der Waals surface area contributed by atoms with E-state index in [2.05, 4.69) is 9.97 Å². The van der Waals surface area contributed by atoms with Crippen LogP contribution in [-0.4, -0.2) is 35.1 Å². The van der Waals surface area contributed by atoms with Gasteiger partial charge < -0.3 is 10.0 Å². The highest BCUT2D eigenvalue weighted by atomic mass is 19.4. The molecular formula is C8H8F3N3O2. The van der Waals surface area contributed by atoms with Crippen LogP contribution in [0.3, 0.4) is 0 Å². The molecule has 1 heterocycles. The van der Waals surface area contributed by atoms with Crippen molar-refractivity contribution in [2.45, 2.75) is 6.18 Å². The average molecular weight is 235 g/mol. The molecule has 1 rings (SSSR count). The molecule has 0 bridgehead atoms. The maximum atomic E-state index is 12.4. The minimum absolute atomic E-state index is 0.111. The van der Waals surface area contributed by atoms with Crippen LogP contribution >= 0.6 is 0 Å². The van der Waals surface area contributed by atoms with Crippen molar-refractivity contribution in [2.24, 2.45) is 0 Å². The molecule has 0 fully saturated rings. The molecule has 0 unspecified atom stereocenters. The van der Waals surface area contributed by atoms with E-state index in [1.807, 2.05) is 0 Å². The number of anilines is 1. The quantitative estimate of drug-likeness (QED) is 0.835. The third-order valence-electron chi connectivity index (χ3n) is 1.65. The summed E-state index contributed by atoms with van der Waals surface area (Å²) in [6.45, 7) is 0. The molecule has 88 valence electrons. The molecule has 1 aromatic rings. The molecule has 1 aromatic heterocycles. The van der Waals surface area contributed by atoms with Crippen molar-refractivity contribution in [2.75, 3.05) is 19.0 Å². The first-order valence-electron chi connectivity index (χ1n) is 4.08. The fourth-order valence-electron chi connectivity index (χ4n) is 0.904. The number of carboxylic acid groups (broad SMARTS) is 1. The molecular weight excluding hydrogens is 227 g/mol. The number of rotatable bonds is 2. The van der Waals surface area contributed by atoms with Crippen molar-refractivity contribution in [1.29, 1.82) is 0 Å². The number of aromatic carboxylic acids is 1. The van der Waals surface area contributed by atoms with Crippen LogP contribution in [0, 0.1) is 0 Å². The third kappa shape index (κ3) is 2.59. The summed E-state index contributed by atoms with van der Waals surface area (Å²) in [5, 5.41) is 8.57. The Morgan fingerprint density at radius 3 is 2.31 bits per heavy atom. The van der Waals surface area contributed by atoms with Gasteiger partial charge in [0.2, 0.25) is 5.82 Å². The van der Waals surface area contributed by atoms with E-state index in [9.17, 15) is 18.0 Å². The van der Waals surface area contributed by atoms with Crippen molar-refractivity contribution in [3.8, 4) is 0 Å². The SMILES string of the molecule is CN(C)c1cc(C(F)(F)F)nc(C(=O)O)n1. The average Bonchev–Trinajstić information content (AvgIpc) is 2.15. The van der Waals surface area contributed by atoms with E-state index in [0.29, 0.717) is 6.07 Å². The summed E-state index contributed by atoms with van der Waals surface area (Å²) < 4.78 is 37.1. The Kier molecular flexibility index (Phi) is 3.02. The molecule has 0 aromatic carbocycles. The summed E-state index contributed by atoms with van der Waals surface area (Å²) in [6.07, 6.45) is -4.70. The second kappa shape index (κ2) is 3.95. The lowest BCUT2D eigenvalue weighted by atomic mass is 10.3. The zero-order valence-corrected chi connectivity index (χ0v) is 8.41. The maximum absolute atomic E-state index is 12.4. The Labute approximate surface area is 88.5 Å². The Morgan fingerprint density at radius 2 is 1.94 bits per heavy atom. The first-order chi connectivity index (χ1) is 7.21. The van der Waals surface area contributed by atoms with Gasteiger partial charge in [-0.3, -0.25) is 0 Å². The molecule has 1 N–H and O–H groups in total. The number of aromatic nitrogens is 2. The van der Waals surface area contributed by atoms with Gasteiger partial charge >= 0.3 is 12.1 Å². The van der Waals surface area contributed by atoms with Crippen LogP contribution in [0.5, 0.6) is 0 Å². The fourth-order valence-corrected chi connectivity index (χ4v) is 0.904. The van der Waals surface area contributed by atoms with Crippen molar-refractivity contribution in [3.05, 3.63) is 17.6 Å². The van der Waals surface area contributed by atoms with Gasteiger partial charge in [-0.2, -0.15) is 13.2 Å². The minimum atomic E-state index is -4.70. The van der Waals surface area contributed by atoms with Gasteiger partial charge in [0.15, 0.2) is 5.69 Å². The molecule has 0 aliphatic rings. The summed E-state index contributed by atoms with van der Waals surface area (Å²) in [5.41, 5.74) is -1.27. The van der Waals surface area contributed by atoms with Crippen LogP contribution in [0.15, 0.2) is 6.07 Å². The molecule has 0 amide bonds. The topological polar surface area (TPSA) is 66.3 Å². The lowest BCUT2D eigenvalue weighted by Gasteiger charge is -2.14. The summed E-state index contributed by atoms with van der Waals surface area (Å²) in [7, 11) is 2.90.